The molecule has 0 saturated carbocycles. The van der Waals surface area contributed by atoms with Crippen LogP contribution in [0.4, 0.5) is 0 Å². The van der Waals surface area contributed by atoms with Crippen molar-refractivity contribution in [3.63, 3.8) is 0 Å². The summed E-state index contributed by atoms with van der Waals surface area (Å²) in [7, 11) is 0. The first-order valence-electron chi connectivity index (χ1n) is 5.39. The predicted octanol–water partition coefficient (Wildman–Crippen LogP) is 2.33. The fourth-order valence-electron chi connectivity index (χ4n) is 1.03. The third kappa shape index (κ3) is 3.61. The molecule has 0 N–H and O–H groups in total. The van der Waals surface area contributed by atoms with Crippen LogP contribution in [0.15, 0.2) is 0 Å². The van der Waals surface area contributed by atoms with Crippen molar-refractivity contribution in [2.45, 2.75) is 38.0 Å². The second kappa shape index (κ2) is 7.09. The number of carbonyl (C=O) groups is 2. The Balaban J connectivity index is 4.81. The number of hydrogen-bond donors (Lipinski definition) is 0. The molecule has 0 saturated heterocycles. The lowest BCUT2D eigenvalue weighted by atomic mass is 9.88. The van der Waals surface area contributed by atoms with E-state index < -0.39 is 17.4 Å². The van der Waals surface area contributed by atoms with E-state index in [1.165, 1.54) is 0 Å². The molecule has 2 atom stereocenters. The topological polar surface area (TPSA) is 52.6 Å². The molecule has 94 valence electrons. The Morgan fingerprint density at radius 2 is 1.75 bits per heavy atom. The molecule has 0 rings (SSSR count). The third-order valence-electron chi connectivity index (χ3n) is 2.36. The summed E-state index contributed by atoms with van der Waals surface area (Å²) >= 11 is 2.04. The fourth-order valence-corrected chi connectivity index (χ4v) is 1.54. The van der Waals surface area contributed by atoms with E-state index in [0.29, 0.717) is 6.61 Å². The van der Waals surface area contributed by atoms with Crippen molar-refractivity contribution >= 4 is 34.5 Å². The van der Waals surface area contributed by atoms with Gasteiger partial charge >= 0.3 is 11.9 Å². The summed E-state index contributed by atoms with van der Waals surface area (Å²) in [6, 6.07) is 0. The minimum absolute atomic E-state index is 0.187. The van der Waals surface area contributed by atoms with E-state index in [0.717, 1.165) is 6.42 Å². The van der Waals surface area contributed by atoms with Gasteiger partial charge in [0.2, 0.25) is 0 Å². The van der Waals surface area contributed by atoms with Gasteiger partial charge in [-0.05, 0) is 20.3 Å². The van der Waals surface area contributed by atoms with Crippen molar-refractivity contribution in [3.8, 4) is 0 Å². The predicted molar refractivity (Wildman–Crippen MR) is 69.5 cm³/mol. The number of ether oxygens (including phenoxy) is 2. The van der Waals surface area contributed by atoms with Gasteiger partial charge in [0.1, 0.15) is 0 Å². The molecule has 0 heterocycles. The maximum absolute atomic E-state index is 11.9. The minimum Gasteiger partial charge on any atom is -0.465 e. The molecule has 5 heteroatoms. The van der Waals surface area contributed by atoms with E-state index in [-0.39, 0.29) is 10.5 Å². The number of hydrogen-bond acceptors (Lipinski definition) is 4. The van der Waals surface area contributed by atoms with Crippen LogP contribution < -0.4 is 0 Å². The maximum atomic E-state index is 11.9. The molecule has 0 fully saturated rings. The van der Waals surface area contributed by atoms with E-state index in [1.807, 2.05) is 29.5 Å². The lowest BCUT2D eigenvalue weighted by Gasteiger charge is -2.27. The molecule has 2 unspecified atom stereocenters. The van der Waals surface area contributed by atoms with Gasteiger partial charge in [-0.1, -0.05) is 36.4 Å². The first-order chi connectivity index (χ1) is 7.41. The maximum Gasteiger partial charge on any atom is 0.324 e. The molecule has 0 aromatic heterocycles. The van der Waals surface area contributed by atoms with E-state index in [4.69, 9.17) is 9.47 Å². The molecule has 0 aliphatic carbocycles. The van der Waals surface area contributed by atoms with Gasteiger partial charge in [0.05, 0.1) is 13.2 Å². The second-order valence-corrected chi connectivity index (χ2v) is 5.54. The molecule has 0 aromatic carbocycles. The van der Waals surface area contributed by atoms with Crippen LogP contribution in [0.2, 0.25) is 0 Å². The Labute approximate surface area is 110 Å². The van der Waals surface area contributed by atoms with Gasteiger partial charge in [0.15, 0.2) is 5.41 Å². The number of halogens is 1. The Bertz CT molecular complexity index is 252. The van der Waals surface area contributed by atoms with Gasteiger partial charge in [-0.15, -0.1) is 0 Å². The minimum atomic E-state index is -1.22. The molecule has 4 nitrogen and oxygen atoms in total. The zero-order valence-electron chi connectivity index (χ0n) is 10.2. The molecule has 0 radical (unpaired) electrons. The molecular formula is C11H19IO4. The molecular weight excluding hydrogens is 323 g/mol. The van der Waals surface area contributed by atoms with E-state index >= 15 is 0 Å². The Morgan fingerprint density at radius 3 is 2.12 bits per heavy atom. The van der Waals surface area contributed by atoms with Crippen molar-refractivity contribution < 1.29 is 19.1 Å². The Hall–Kier alpha value is -0.330. The summed E-state index contributed by atoms with van der Waals surface area (Å²) in [5.74, 6) is -1.02. The first kappa shape index (κ1) is 15.7. The van der Waals surface area contributed by atoms with Crippen LogP contribution in [0.3, 0.4) is 0 Å². The van der Waals surface area contributed by atoms with Crippen molar-refractivity contribution in [2.75, 3.05) is 13.2 Å². The molecule has 0 aliphatic rings. The van der Waals surface area contributed by atoms with E-state index in [2.05, 4.69) is 0 Å². The molecule has 0 amide bonds. The number of carbonyl (C=O) groups excluding carboxylic acids is 2. The Morgan fingerprint density at radius 1 is 1.25 bits per heavy atom. The highest BCUT2D eigenvalue weighted by atomic mass is 127. The summed E-state index contributed by atoms with van der Waals surface area (Å²) in [5, 5.41) is 0. The number of alkyl halides is 1. The van der Waals surface area contributed by atoms with E-state index in [1.54, 1.807) is 20.8 Å². The summed E-state index contributed by atoms with van der Waals surface area (Å²) in [6.45, 7) is 7.58. The molecule has 0 aromatic rings. The molecule has 16 heavy (non-hydrogen) atoms. The highest BCUT2D eigenvalue weighted by Gasteiger charge is 2.48. The zero-order chi connectivity index (χ0) is 12.8. The number of esters is 2. The average molecular weight is 342 g/mol. The highest BCUT2D eigenvalue weighted by Crippen LogP contribution is 2.31. The third-order valence-corrected chi connectivity index (χ3v) is 3.60. The summed E-state index contributed by atoms with van der Waals surface area (Å²) in [6.07, 6.45) is 0.736. The largest absolute Gasteiger partial charge is 0.465 e. The van der Waals surface area contributed by atoms with Crippen LogP contribution in [-0.2, 0) is 19.1 Å². The first-order valence-corrected chi connectivity index (χ1v) is 6.64. The SMILES string of the molecule is CCCOC(=O)C(C)(C(=O)OCC)C(C)I. The van der Waals surface area contributed by atoms with Crippen molar-refractivity contribution in [1.29, 1.82) is 0 Å². The van der Waals surface area contributed by atoms with Gasteiger partial charge in [0.25, 0.3) is 0 Å². The van der Waals surface area contributed by atoms with Gasteiger partial charge in [-0.2, -0.15) is 0 Å². The second-order valence-electron chi connectivity index (χ2n) is 3.67. The quantitative estimate of drug-likeness (QED) is 0.322. The van der Waals surface area contributed by atoms with Gasteiger partial charge < -0.3 is 9.47 Å². The average Bonchev–Trinajstić information content (AvgIpc) is 2.24. The monoisotopic (exact) mass is 342 g/mol. The van der Waals surface area contributed by atoms with Crippen LogP contribution in [0.25, 0.3) is 0 Å². The zero-order valence-corrected chi connectivity index (χ0v) is 12.4. The fraction of sp³-hybridized carbons (Fsp3) is 0.818. The summed E-state index contributed by atoms with van der Waals surface area (Å²) in [4.78, 5) is 23.6. The summed E-state index contributed by atoms with van der Waals surface area (Å²) in [5.41, 5.74) is -1.22. The van der Waals surface area contributed by atoms with Gasteiger partial charge in [0, 0.05) is 3.92 Å². The molecule has 0 aliphatic heterocycles. The normalized spacial score (nSPS) is 16.1. The van der Waals surface area contributed by atoms with Crippen molar-refractivity contribution in [3.05, 3.63) is 0 Å². The summed E-state index contributed by atoms with van der Waals surface area (Å²) < 4.78 is 9.78. The highest BCUT2D eigenvalue weighted by molar-refractivity contribution is 14.1. The van der Waals surface area contributed by atoms with Crippen molar-refractivity contribution in [1.82, 2.24) is 0 Å². The van der Waals surface area contributed by atoms with E-state index in [9.17, 15) is 9.59 Å². The lowest BCUT2D eigenvalue weighted by Crippen LogP contribution is -2.45. The van der Waals surface area contributed by atoms with Gasteiger partial charge in [-0.3, -0.25) is 9.59 Å². The van der Waals surface area contributed by atoms with Crippen LogP contribution in [-0.4, -0.2) is 29.1 Å². The smallest absolute Gasteiger partial charge is 0.324 e. The number of rotatable bonds is 6. The van der Waals surface area contributed by atoms with Gasteiger partial charge in [-0.25, -0.2) is 0 Å². The van der Waals surface area contributed by atoms with Crippen LogP contribution in [0, 0.1) is 5.41 Å². The standard InChI is InChI=1S/C11H19IO4/c1-5-7-16-10(14)11(4,8(3)12)9(13)15-6-2/h8H,5-7H2,1-4H3. The van der Waals surface area contributed by atoms with Crippen LogP contribution in [0.5, 0.6) is 0 Å². The van der Waals surface area contributed by atoms with Crippen molar-refractivity contribution in [2.24, 2.45) is 5.41 Å². The molecule has 0 bridgehead atoms. The lowest BCUT2D eigenvalue weighted by molar-refractivity contribution is -0.170. The van der Waals surface area contributed by atoms with Crippen LogP contribution in [0.1, 0.15) is 34.1 Å². The van der Waals surface area contributed by atoms with Crippen LogP contribution >= 0.6 is 22.6 Å². The molecule has 0 spiro atoms. The Kier molecular flexibility index (Phi) is 6.94.